The van der Waals surface area contributed by atoms with E-state index < -0.39 is 0 Å². The zero-order valence-electron chi connectivity index (χ0n) is 7.87. The van der Waals surface area contributed by atoms with Crippen LogP contribution in [0.5, 0.6) is 0 Å². The van der Waals surface area contributed by atoms with E-state index in [1.807, 2.05) is 23.9 Å². The quantitative estimate of drug-likeness (QED) is 0.735. The average Bonchev–Trinajstić information content (AvgIpc) is 2.45. The summed E-state index contributed by atoms with van der Waals surface area (Å²) in [5.74, 6) is -0.245. The molecule has 0 aliphatic rings. The molecule has 0 saturated carbocycles. The van der Waals surface area contributed by atoms with E-state index in [-0.39, 0.29) is 5.82 Å². The fourth-order valence-electron chi connectivity index (χ4n) is 1.50. The lowest BCUT2D eigenvalue weighted by molar-refractivity contribution is 0.628. The Labute approximate surface area is 81.8 Å². The Balaban J connectivity index is 2.54. The molecule has 0 saturated heterocycles. The Bertz CT molecular complexity index is 460. The van der Waals surface area contributed by atoms with E-state index in [9.17, 15) is 4.39 Å². The smallest absolute Gasteiger partial charge is 0.123 e. The van der Waals surface area contributed by atoms with Crippen LogP contribution in [0.15, 0.2) is 36.7 Å². The van der Waals surface area contributed by atoms with E-state index >= 15 is 0 Å². The van der Waals surface area contributed by atoms with Gasteiger partial charge in [0.15, 0.2) is 0 Å². The lowest BCUT2D eigenvalue weighted by Gasteiger charge is -1.99. The zero-order chi connectivity index (χ0) is 10.1. The Morgan fingerprint density at radius 3 is 2.64 bits per heavy atom. The first-order valence-electron chi connectivity index (χ1n) is 4.34. The van der Waals surface area contributed by atoms with Gasteiger partial charge in [-0.05, 0) is 17.7 Å². The molecule has 2 aromatic rings. The van der Waals surface area contributed by atoms with Gasteiger partial charge in [-0.2, -0.15) is 0 Å². The van der Waals surface area contributed by atoms with Crippen LogP contribution >= 0.6 is 0 Å². The molecular formula is C11H11FN2. The second kappa shape index (κ2) is 3.18. The maximum atomic E-state index is 12.9. The molecule has 0 amide bonds. The van der Waals surface area contributed by atoms with E-state index in [0.29, 0.717) is 5.69 Å². The van der Waals surface area contributed by atoms with Gasteiger partial charge in [-0.3, -0.25) is 0 Å². The van der Waals surface area contributed by atoms with Crippen molar-refractivity contribution in [3.63, 3.8) is 0 Å². The van der Waals surface area contributed by atoms with Crippen molar-refractivity contribution in [2.45, 2.75) is 0 Å². The lowest BCUT2D eigenvalue weighted by atomic mass is 10.1. The third-order valence-electron chi connectivity index (χ3n) is 2.12. The molecule has 2 N–H and O–H groups in total. The number of aromatic nitrogens is 1. The van der Waals surface area contributed by atoms with Gasteiger partial charge in [-0.25, -0.2) is 4.39 Å². The molecule has 3 heteroatoms. The van der Waals surface area contributed by atoms with E-state index in [1.165, 1.54) is 12.1 Å². The van der Waals surface area contributed by atoms with Crippen LogP contribution < -0.4 is 5.73 Å². The molecule has 1 aromatic carbocycles. The first-order valence-corrected chi connectivity index (χ1v) is 4.34. The Hall–Kier alpha value is -1.77. The molecule has 1 aromatic heterocycles. The molecule has 0 fully saturated rings. The van der Waals surface area contributed by atoms with Gasteiger partial charge in [0, 0.05) is 25.0 Å². The van der Waals surface area contributed by atoms with Gasteiger partial charge in [-0.1, -0.05) is 12.1 Å². The molecule has 1 heterocycles. The summed E-state index contributed by atoms with van der Waals surface area (Å²) < 4.78 is 14.8. The maximum absolute atomic E-state index is 12.9. The summed E-state index contributed by atoms with van der Waals surface area (Å²) in [6.45, 7) is 0. The van der Waals surface area contributed by atoms with Crippen molar-refractivity contribution in [2.24, 2.45) is 7.05 Å². The summed E-state index contributed by atoms with van der Waals surface area (Å²) >= 11 is 0. The third-order valence-corrected chi connectivity index (χ3v) is 2.12. The SMILES string of the molecule is Cn1cc(N)c(-c2cccc(F)c2)c1. The minimum absolute atomic E-state index is 0.245. The number of benzene rings is 1. The number of halogens is 1. The predicted molar refractivity (Wildman–Crippen MR) is 55.2 cm³/mol. The largest absolute Gasteiger partial charge is 0.397 e. The van der Waals surface area contributed by atoms with Crippen molar-refractivity contribution < 1.29 is 4.39 Å². The second-order valence-electron chi connectivity index (χ2n) is 3.30. The molecule has 0 aliphatic carbocycles. The lowest BCUT2D eigenvalue weighted by Crippen LogP contribution is -1.85. The predicted octanol–water partition coefficient (Wildman–Crippen LogP) is 2.41. The number of hydrogen-bond donors (Lipinski definition) is 1. The summed E-state index contributed by atoms with van der Waals surface area (Å²) in [5, 5.41) is 0. The van der Waals surface area contributed by atoms with Crippen molar-refractivity contribution in [1.29, 1.82) is 0 Å². The van der Waals surface area contributed by atoms with Crippen molar-refractivity contribution in [3.8, 4) is 11.1 Å². The standard InChI is InChI=1S/C11H11FN2/c1-14-6-10(11(13)7-14)8-3-2-4-9(12)5-8/h2-7H,13H2,1H3. The fraction of sp³-hybridized carbons (Fsp3) is 0.0909. The third kappa shape index (κ3) is 1.48. The highest BCUT2D eigenvalue weighted by Crippen LogP contribution is 2.26. The number of anilines is 1. The molecule has 0 radical (unpaired) electrons. The van der Waals surface area contributed by atoms with E-state index in [2.05, 4.69) is 0 Å². The Morgan fingerprint density at radius 1 is 1.29 bits per heavy atom. The average molecular weight is 190 g/mol. The van der Waals surface area contributed by atoms with Crippen LogP contribution in [0.3, 0.4) is 0 Å². The Kier molecular flexibility index (Phi) is 2.00. The van der Waals surface area contributed by atoms with E-state index in [0.717, 1.165) is 11.1 Å². The monoisotopic (exact) mass is 190 g/mol. The fourth-order valence-corrected chi connectivity index (χ4v) is 1.50. The van der Waals surface area contributed by atoms with E-state index in [4.69, 9.17) is 5.73 Å². The number of nitrogen functional groups attached to an aromatic ring is 1. The van der Waals surface area contributed by atoms with Crippen molar-refractivity contribution in [2.75, 3.05) is 5.73 Å². The highest BCUT2D eigenvalue weighted by atomic mass is 19.1. The van der Waals surface area contributed by atoms with Crippen LogP contribution in [-0.2, 0) is 7.05 Å². The number of aryl methyl sites for hydroxylation is 1. The topological polar surface area (TPSA) is 30.9 Å². The molecule has 2 nitrogen and oxygen atoms in total. The van der Waals surface area contributed by atoms with Crippen LogP contribution in [0.1, 0.15) is 0 Å². The summed E-state index contributed by atoms with van der Waals surface area (Å²) in [6, 6.07) is 6.42. The van der Waals surface area contributed by atoms with Gasteiger partial charge in [0.1, 0.15) is 5.82 Å². The summed E-state index contributed by atoms with van der Waals surface area (Å²) in [4.78, 5) is 0. The van der Waals surface area contributed by atoms with Gasteiger partial charge in [0.25, 0.3) is 0 Å². The molecule has 0 atom stereocenters. The number of hydrogen-bond acceptors (Lipinski definition) is 1. The highest BCUT2D eigenvalue weighted by molar-refractivity contribution is 5.75. The van der Waals surface area contributed by atoms with Crippen LogP contribution in [0, 0.1) is 5.82 Å². The summed E-state index contributed by atoms with van der Waals surface area (Å²) in [7, 11) is 1.89. The minimum Gasteiger partial charge on any atom is -0.397 e. The van der Waals surface area contributed by atoms with Crippen LogP contribution in [0.25, 0.3) is 11.1 Å². The first kappa shape index (κ1) is 8.81. The van der Waals surface area contributed by atoms with Gasteiger partial charge in [0.2, 0.25) is 0 Å². The molecule has 14 heavy (non-hydrogen) atoms. The maximum Gasteiger partial charge on any atom is 0.123 e. The Morgan fingerprint density at radius 2 is 2.07 bits per heavy atom. The van der Waals surface area contributed by atoms with Crippen LogP contribution in [0.4, 0.5) is 10.1 Å². The number of nitrogens with two attached hydrogens (primary N) is 1. The number of rotatable bonds is 1. The number of nitrogens with zero attached hydrogens (tertiary/aromatic N) is 1. The van der Waals surface area contributed by atoms with Gasteiger partial charge >= 0.3 is 0 Å². The van der Waals surface area contributed by atoms with Gasteiger partial charge < -0.3 is 10.3 Å². The van der Waals surface area contributed by atoms with Gasteiger partial charge in [0.05, 0.1) is 5.69 Å². The molecule has 0 unspecified atom stereocenters. The van der Waals surface area contributed by atoms with E-state index in [1.54, 1.807) is 12.3 Å². The molecule has 2 rings (SSSR count). The van der Waals surface area contributed by atoms with Crippen molar-refractivity contribution in [1.82, 2.24) is 4.57 Å². The second-order valence-corrected chi connectivity index (χ2v) is 3.30. The molecular weight excluding hydrogens is 179 g/mol. The zero-order valence-corrected chi connectivity index (χ0v) is 7.87. The molecule has 0 spiro atoms. The minimum atomic E-state index is -0.245. The summed E-state index contributed by atoms with van der Waals surface area (Å²) in [6.07, 6.45) is 3.68. The van der Waals surface area contributed by atoms with Crippen LogP contribution in [-0.4, -0.2) is 4.57 Å². The summed E-state index contributed by atoms with van der Waals surface area (Å²) in [5.41, 5.74) is 8.12. The van der Waals surface area contributed by atoms with Crippen LogP contribution in [0.2, 0.25) is 0 Å². The molecule has 72 valence electrons. The highest BCUT2D eigenvalue weighted by Gasteiger charge is 2.05. The van der Waals surface area contributed by atoms with Gasteiger partial charge in [-0.15, -0.1) is 0 Å². The van der Waals surface area contributed by atoms with Crippen molar-refractivity contribution >= 4 is 5.69 Å². The van der Waals surface area contributed by atoms with Crippen molar-refractivity contribution in [3.05, 3.63) is 42.5 Å². The normalized spacial score (nSPS) is 10.4. The molecule has 0 aliphatic heterocycles. The first-order chi connectivity index (χ1) is 6.66. The molecule has 0 bridgehead atoms.